The minimum Gasteiger partial charge on any atom is -0.508 e. The molecule has 2 fully saturated rings. The minimum absolute atomic E-state index is 0.161. The Hall–Kier alpha value is -2.09. The van der Waals surface area contributed by atoms with Crippen LogP contribution in [-0.4, -0.2) is 45.5 Å². The lowest BCUT2D eigenvalue weighted by Gasteiger charge is -2.27. The highest BCUT2D eigenvalue weighted by Crippen LogP contribution is 2.45. The topological polar surface area (TPSA) is 63.9 Å². The third-order valence-corrected chi connectivity index (χ3v) is 6.46. The van der Waals surface area contributed by atoms with Gasteiger partial charge in [-0.25, -0.2) is 0 Å². The van der Waals surface area contributed by atoms with Gasteiger partial charge in [0.25, 0.3) is 0 Å². The van der Waals surface area contributed by atoms with E-state index in [9.17, 15) is 28.5 Å². The van der Waals surface area contributed by atoms with E-state index in [-0.39, 0.29) is 5.75 Å². The van der Waals surface area contributed by atoms with Crippen LogP contribution in [0.4, 0.5) is 13.2 Å². The Bertz CT molecular complexity index is 853. The van der Waals surface area contributed by atoms with Crippen molar-refractivity contribution in [1.82, 2.24) is 4.90 Å². The second kappa shape index (κ2) is 7.87. The number of β-amino-alcohol motifs (C(OH)–C–C–N with tert-alkyl or cyclic N) is 1. The maximum atomic E-state index is 12.7. The van der Waals surface area contributed by atoms with Crippen LogP contribution in [0.25, 0.3) is 0 Å². The summed E-state index contributed by atoms with van der Waals surface area (Å²) < 4.78 is 38.2. The van der Waals surface area contributed by atoms with Gasteiger partial charge in [-0.15, -0.1) is 0 Å². The number of halogens is 3. The van der Waals surface area contributed by atoms with Gasteiger partial charge in [-0.05, 0) is 60.1 Å². The van der Waals surface area contributed by atoms with Crippen molar-refractivity contribution in [1.29, 1.82) is 0 Å². The number of nitrogens with zero attached hydrogens (tertiary/aromatic N) is 1. The molecule has 0 radical (unpaired) electrons. The monoisotopic (exact) mass is 421 g/mol. The summed E-state index contributed by atoms with van der Waals surface area (Å²) in [4.78, 5) is 2.20. The largest absolute Gasteiger partial charge is 0.508 e. The molecule has 1 saturated heterocycles. The molecule has 3 unspecified atom stereocenters. The minimum atomic E-state index is -4.35. The molecule has 1 heterocycles. The van der Waals surface area contributed by atoms with Crippen LogP contribution in [0.2, 0.25) is 0 Å². The molecule has 4 nitrogen and oxygen atoms in total. The Morgan fingerprint density at radius 3 is 2.07 bits per heavy atom. The predicted octanol–water partition coefficient (Wildman–Crippen LogP) is 3.76. The molecule has 2 aromatic carbocycles. The Balaban J connectivity index is 1.32. The predicted molar refractivity (Wildman–Crippen MR) is 106 cm³/mol. The summed E-state index contributed by atoms with van der Waals surface area (Å²) in [5, 5.41) is 30.9. The lowest BCUT2D eigenvalue weighted by atomic mass is 9.91. The quantitative estimate of drug-likeness (QED) is 0.688. The zero-order valence-electron chi connectivity index (χ0n) is 16.5. The second-order valence-corrected chi connectivity index (χ2v) is 8.85. The maximum Gasteiger partial charge on any atom is 0.416 e. The van der Waals surface area contributed by atoms with E-state index < -0.39 is 23.4 Å². The first-order chi connectivity index (χ1) is 14.1. The van der Waals surface area contributed by atoms with E-state index in [0.29, 0.717) is 43.2 Å². The summed E-state index contributed by atoms with van der Waals surface area (Å²) in [7, 11) is 0. The van der Waals surface area contributed by atoms with E-state index >= 15 is 0 Å². The number of hydrogen-bond acceptors (Lipinski definition) is 4. The Morgan fingerprint density at radius 1 is 0.967 bits per heavy atom. The van der Waals surface area contributed by atoms with Gasteiger partial charge >= 0.3 is 6.18 Å². The van der Waals surface area contributed by atoms with Crippen molar-refractivity contribution in [3.05, 3.63) is 65.2 Å². The lowest BCUT2D eigenvalue weighted by molar-refractivity contribution is -0.137. The first-order valence-corrected chi connectivity index (χ1v) is 10.2. The lowest BCUT2D eigenvalue weighted by Crippen LogP contribution is -2.33. The molecular formula is C23H26F3NO3. The van der Waals surface area contributed by atoms with E-state index in [4.69, 9.17) is 0 Å². The van der Waals surface area contributed by atoms with Crippen molar-refractivity contribution < 1.29 is 28.5 Å². The number of rotatable bonds is 5. The molecule has 2 aliphatic rings. The molecule has 1 saturated carbocycles. The van der Waals surface area contributed by atoms with E-state index in [0.717, 1.165) is 30.8 Å². The first-order valence-electron chi connectivity index (χ1n) is 10.2. The zero-order valence-corrected chi connectivity index (χ0v) is 16.5. The maximum absolute atomic E-state index is 12.7. The van der Waals surface area contributed by atoms with Gasteiger partial charge in [-0.3, -0.25) is 4.90 Å². The van der Waals surface area contributed by atoms with Crippen molar-refractivity contribution in [2.24, 2.45) is 11.8 Å². The number of phenols is 1. The number of aromatic hydroxyl groups is 1. The fraction of sp³-hybridized carbons (Fsp3) is 0.478. The molecule has 1 aliphatic heterocycles. The fourth-order valence-electron chi connectivity index (χ4n) is 5.09. The van der Waals surface area contributed by atoms with Crippen LogP contribution in [0.1, 0.15) is 35.6 Å². The highest BCUT2D eigenvalue weighted by atomic mass is 19.4. The number of hydrogen-bond donors (Lipinski definition) is 3. The Kier molecular flexibility index (Phi) is 5.55. The van der Waals surface area contributed by atoms with Crippen LogP contribution >= 0.6 is 0 Å². The van der Waals surface area contributed by atoms with Gasteiger partial charge in [0, 0.05) is 26.1 Å². The summed E-state index contributed by atoms with van der Waals surface area (Å²) in [5.74, 6) is 0.793. The van der Waals surface area contributed by atoms with Crippen LogP contribution in [0.3, 0.4) is 0 Å². The zero-order chi connectivity index (χ0) is 21.5. The van der Waals surface area contributed by atoms with Crippen LogP contribution in [0.5, 0.6) is 5.75 Å². The fourth-order valence-corrected chi connectivity index (χ4v) is 5.09. The van der Waals surface area contributed by atoms with Crippen molar-refractivity contribution >= 4 is 0 Å². The number of aliphatic hydroxyl groups is 2. The average Bonchev–Trinajstić information content (AvgIpc) is 3.15. The molecule has 0 aromatic heterocycles. The van der Waals surface area contributed by atoms with E-state index in [1.165, 1.54) is 12.1 Å². The summed E-state index contributed by atoms with van der Waals surface area (Å²) in [6.07, 6.45) is -3.41. The number of benzene rings is 2. The van der Waals surface area contributed by atoms with Gasteiger partial charge in [-0.2, -0.15) is 13.2 Å². The van der Waals surface area contributed by atoms with Gasteiger partial charge < -0.3 is 15.3 Å². The summed E-state index contributed by atoms with van der Waals surface area (Å²) in [5.41, 5.74) is -0.102. The van der Waals surface area contributed by atoms with Crippen molar-refractivity contribution in [2.45, 2.75) is 37.1 Å². The summed E-state index contributed by atoms with van der Waals surface area (Å²) in [6.45, 7) is 2.07. The SMILES string of the molecule is Oc1ccc(C(O)CN2CC3CC(O)(Cc4ccc(C(F)(F)F)cc4)CC3C2)cc1. The molecule has 0 bridgehead atoms. The summed E-state index contributed by atoms with van der Waals surface area (Å²) >= 11 is 0. The van der Waals surface area contributed by atoms with E-state index in [2.05, 4.69) is 4.90 Å². The smallest absolute Gasteiger partial charge is 0.416 e. The van der Waals surface area contributed by atoms with Crippen molar-refractivity contribution in [2.75, 3.05) is 19.6 Å². The molecule has 3 atom stereocenters. The third-order valence-electron chi connectivity index (χ3n) is 6.46. The second-order valence-electron chi connectivity index (χ2n) is 8.85. The molecule has 4 rings (SSSR count). The van der Waals surface area contributed by atoms with E-state index in [1.54, 1.807) is 24.3 Å². The molecule has 3 N–H and O–H groups in total. The van der Waals surface area contributed by atoms with Gasteiger partial charge in [0.15, 0.2) is 0 Å². The van der Waals surface area contributed by atoms with Crippen LogP contribution in [0, 0.1) is 11.8 Å². The van der Waals surface area contributed by atoms with Gasteiger partial charge in [0.2, 0.25) is 0 Å². The molecular weight excluding hydrogens is 395 g/mol. The number of aliphatic hydroxyl groups excluding tert-OH is 1. The normalized spacial score (nSPS) is 27.9. The van der Waals surface area contributed by atoms with Crippen LogP contribution in [-0.2, 0) is 12.6 Å². The number of phenolic OH excluding ortho intramolecular Hbond substituents is 1. The number of alkyl halides is 3. The molecule has 2 aromatic rings. The Morgan fingerprint density at radius 2 is 1.53 bits per heavy atom. The molecule has 7 heteroatoms. The first kappa shape index (κ1) is 21.2. The molecule has 0 spiro atoms. The molecule has 30 heavy (non-hydrogen) atoms. The van der Waals surface area contributed by atoms with Crippen molar-refractivity contribution in [3.8, 4) is 5.75 Å². The summed E-state index contributed by atoms with van der Waals surface area (Å²) in [6, 6.07) is 11.6. The number of fused-ring (bicyclic) bond motifs is 1. The standard InChI is InChI=1S/C23H26F3NO3/c24-23(25,26)19-5-1-15(2-6-19)9-22(30)10-17-12-27(13-18(17)11-22)14-21(29)16-3-7-20(28)8-4-16/h1-8,17-18,21,28-30H,9-14H2. The molecule has 0 amide bonds. The van der Waals surface area contributed by atoms with E-state index in [1.807, 2.05) is 0 Å². The number of likely N-dealkylation sites (tertiary alicyclic amines) is 1. The molecule has 162 valence electrons. The van der Waals surface area contributed by atoms with Crippen LogP contribution < -0.4 is 0 Å². The highest BCUT2D eigenvalue weighted by molar-refractivity contribution is 5.28. The van der Waals surface area contributed by atoms with Crippen molar-refractivity contribution in [3.63, 3.8) is 0 Å². The van der Waals surface area contributed by atoms with Gasteiger partial charge in [0.1, 0.15) is 5.75 Å². The van der Waals surface area contributed by atoms with Crippen LogP contribution in [0.15, 0.2) is 48.5 Å². The van der Waals surface area contributed by atoms with Gasteiger partial charge in [0.05, 0.1) is 17.3 Å². The van der Waals surface area contributed by atoms with Gasteiger partial charge in [-0.1, -0.05) is 24.3 Å². The molecule has 1 aliphatic carbocycles. The average molecular weight is 421 g/mol. The third kappa shape index (κ3) is 4.63. The Labute approximate surface area is 173 Å². The highest BCUT2D eigenvalue weighted by Gasteiger charge is 2.48.